The molecule has 0 aromatic heterocycles. The minimum absolute atomic E-state index is 0.0948. The van der Waals surface area contributed by atoms with E-state index < -0.39 is 0 Å². The first-order valence-corrected chi connectivity index (χ1v) is 5.28. The summed E-state index contributed by atoms with van der Waals surface area (Å²) >= 11 is 0. The van der Waals surface area contributed by atoms with Crippen LogP contribution >= 0.6 is 0 Å². The normalized spacial score (nSPS) is 16.1. The van der Waals surface area contributed by atoms with Crippen molar-refractivity contribution in [2.45, 2.75) is 6.42 Å². The van der Waals surface area contributed by atoms with E-state index in [9.17, 15) is 4.79 Å². The van der Waals surface area contributed by atoms with Gasteiger partial charge in [-0.05, 0) is 30.7 Å². The fourth-order valence-electron chi connectivity index (χ4n) is 1.60. The minimum Gasteiger partial charge on any atom is -0.497 e. The summed E-state index contributed by atoms with van der Waals surface area (Å²) in [6.45, 7) is 1.39. The maximum absolute atomic E-state index is 11.7. The van der Waals surface area contributed by atoms with Gasteiger partial charge in [-0.25, -0.2) is 0 Å². The molecule has 0 aliphatic carbocycles. The highest BCUT2D eigenvalue weighted by atomic mass is 16.5. The van der Waals surface area contributed by atoms with Crippen LogP contribution in [0.1, 0.15) is 12.0 Å². The largest absolute Gasteiger partial charge is 0.497 e. The maximum Gasteiger partial charge on any atom is 0.270 e. The van der Waals surface area contributed by atoms with Crippen LogP contribution < -0.4 is 10.1 Å². The SMILES string of the molecule is COc1ccc(C2=NCCCNC2=O)cc1. The Morgan fingerprint density at radius 3 is 2.75 bits per heavy atom. The Hall–Kier alpha value is -1.84. The molecule has 84 valence electrons. The number of carbonyl (C=O) groups is 1. The predicted molar refractivity (Wildman–Crippen MR) is 62.0 cm³/mol. The Kier molecular flexibility index (Phi) is 3.19. The molecular formula is C12H14N2O2. The van der Waals surface area contributed by atoms with Gasteiger partial charge >= 0.3 is 0 Å². The number of hydrogen-bond donors (Lipinski definition) is 1. The monoisotopic (exact) mass is 218 g/mol. The number of methoxy groups -OCH3 is 1. The van der Waals surface area contributed by atoms with Crippen molar-refractivity contribution in [1.82, 2.24) is 5.32 Å². The number of benzene rings is 1. The molecule has 0 spiro atoms. The van der Waals surface area contributed by atoms with Gasteiger partial charge in [0.2, 0.25) is 0 Å². The quantitative estimate of drug-likeness (QED) is 0.805. The van der Waals surface area contributed by atoms with Crippen LogP contribution in [-0.2, 0) is 4.79 Å². The molecule has 16 heavy (non-hydrogen) atoms. The summed E-state index contributed by atoms with van der Waals surface area (Å²) in [4.78, 5) is 16.0. The van der Waals surface area contributed by atoms with Crippen molar-refractivity contribution >= 4 is 11.6 Å². The number of amides is 1. The van der Waals surface area contributed by atoms with Crippen molar-refractivity contribution in [3.8, 4) is 5.75 Å². The Bertz CT molecular complexity index is 410. The second-order valence-corrected chi connectivity index (χ2v) is 3.57. The van der Waals surface area contributed by atoms with Crippen LogP contribution in [0.25, 0.3) is 0 Å². The van der Waals surface area contributed by atoms with Crippen molar-refractivity contribution in [1.29, 1.82) is 0 Å². The van der Waals surface area contributed by atoms with Crippen molar-refractivity contribution in [2.75, 3.05) is 20.2 Å². The van der Waals surface area contributed by atoms with E-state index in [4.69, 9.17) is 4.74 Å². The molecule has 1 aromatic rings. The molecule has 1 aliphatic heterocycles. The smallest absolute Gasteiger partial charge is 0.270 e. The molecule has 0 saturated heterocycles. The second kappa shape index (κ2) is 4.79. The zero-order valence-electron chi connectivity index (χ0n) is 9.19. The number of ether oxygens (including phenoxy) is 1. The molecule has 1 heterocycles. The third kappa shape index (κ3) is 2.21. The molecule has 0 radical (unpaired) electrons. The van der Waals surface area contributed by atoms with E-state index >= 15 is 0 Å². The van der Waals surface area contributed by atoms with Crippen LogP contribution in [0.5, 0.6) is 5.75 Å². The molecule has 1 amide bonds. The second-order valence-electron chi connectivity index (χ2n) is 3.57. The molecule has 1 N–H and O–H groups in total. The van der Waals surface area contributed by atoms with Crippen LogP contribution in [-0.4, -0.2) is 31.8 Å². The average molecular weight is 218 g/mol. The number of hydrogen-bond acceptors (Lipinski definition) is 3. The average Bonchev–Trinajstić information content (AvgIpc) is 2.54. The number of nitrogens with zero attached hydrogens (tertiary/aromatic N) is 1. The molecule has 0 bridgehead atoms. The van der Waals surface area contributed by atoms with Crippen LogP contribution in [0, 0.1) is 0 Å². The maximum atomic E-state index is 11.7. The lowest BCUT2D eigenvalue weighted by Gasteiger charge is -2.05. The number of rotatable bonds is 2. The van der Waals surface area contributed by atoms with E-state index in [2.05, 4.69) is 10.3 Å². The van der Waals surface area contributed by atoms with Gasteiger partial charge in [0.1, 0.15) is 11.5 Å². The van der Waals surface area contributed by atoms with Crippen LogP contribution in [0.3, 0.4) is 0 Å². The molecule has 1 aliphatic rings. The van der Waals surface area contributed by atoms with E-state index in [-0.39, 0.29) is 5.91 Å². The fourth-order valence-corrected chi connectivity index (χ4v) is 1.60. The van der Waals surface area contributed by atoms with Gasteiger partial charge in [0.25, 0.3) is 5.91 Å². The predicted octanol–water partition coefficient (Wildman–Crippen LogP) is 1.00. The number of nitrogens with one attached hydrogen (secondary N) is 1. The molecule has 1 aromatic carbocycles. The Morgan fingerprint density at radius 2 is 2.06 bits per heavy atom. The van der Waals surface area contributed by atoms with Crippen LogP contribution in [0.2, 0.25) is 0 Å². The van der Waals surface area contributed by atoms with E-state index in [0.717, 1.165) is 17.7 Å². The Balaban J connectivity index is 2.27. The first-order chi connectivity index (χ1) is 7.81. The lowest BCUT2D eigenvalue weighted by atomic mass is 10.1. The minimum atomic E-state index is -0.0948. The van der Waals surface area contributed by atoms with E-state index in [1.54, 1.807) is 7.11 Å². The highest BCUT2D eigenvalue weighted by Gasteiger charge is 2.15. The molecule has 4 heteroatoms. The summed E-state index contributed by atoms with van der Waals surface area (Å²) in [5.41, 5.74) is 1.35. The summed E-state index contributed by atoms with van der Waals surface area (Å²) in [5, 5.41) is 2.82. The Morgan fingerprint density at radius 1 is 1.31 bits per heavy atom. The summed E-state index contributed by atoms with van der Waals surface area (Å²) in [6, 6.07) is 7.36. The van der Waals surface area contributed by atoms with Gasteiger partial charge in [-0.15, -0.1) is 0 Å². The number of aliphatic imine (C=N–C) groups is 1. The summed E-state index contributed by atoms with van der Waals surface area (Å²) in [6.07, 6.45) is 0.894. The van der Waals surface area contributed by atoms with Crippen molar-refractivity contribution in [3.05, 3.63) is 29.8 Å². The molecular weight excluding hydrogens is 204 g/mol. The van der Waals surface area contributed by atoms with Crippen LogP contribution in [0.15, 0.2) is 29.3 Å². The first kappa shape index (κ1) is 10.7. The van der Waals surface area contributed by atoms with Crippen molar-refractivity contribution in [2.24, 2.45) is 4.99 Å². The van der Waals surface area contributed by atoms with Crippen LogP contribution in [0.4, 0.5) is 0 Å². The fraction of sp³-hybridized carbons (Fsp3) is 0.333. The van der Waals surface area contributed by atoms with Gasteiger partial charge in [-0.3, -0.25) is 9.79 Å². The van der Waals surface area contributed by atoms with E-state index in [1.807, 2.05) is 24.3 Å². The summed E-state index contributed by atoms with van der Waals surface area (Å²) < 4.78 is 5.07. The van der Waals surface area contributed by atoms with Crippen molar-refractivity contribution in [3.63, 3.8) is 0 Å². The zero-order chi connectivity index (χ0) is 11.4. The molecule has 4 nitrogen and oxygen atoms in total. The summed E-state index contributed by atoms with van der Waals surface area (Å²) in [5.74, 6) is 0.682. The van der Waals surface area contributed by atoms with Gasteiger partial charge in [0, 0.05) is 18.7 Å². The van der Waals surface area contributed by atoms with Gasteiger partial charge in [-0.2, -0.15) is 0 Å². The van der Waals surface area contributed by atoms with E-state index in [1.165, 1.54) is 0 Å². The number of carbonyl (C=O) groups excluding carboxylic acids is 1. The van der Waals surface area contributed by atoms with Gasteiger partial charge in [0.05, 0.1) is 7.11 Å². The molecule has 0 fully saturated rings. The molecule has 0 atom stereocenters. The lowest BCUT2D eigenvalue weighted by Crippen LogP contribution is -2.30. The highest BCUT2D eigenvalue weighted by Crippen LogP contribution is 2.12. The van der Waals surface area contributed by atoms with Crippen molar-refractivity contribution < 1.29 is 9.53 Å². The standard InChI is InChI=1S/C12H14N2O2/c1-16-10-5-3-9(4-6-10)11-12(15)14-8-2-7-13-11/h3-6H,2,7-8H2,1H3,(H,14,15). The third-order valence-corrected chi connectivity index (χ3v) is 2.47. The molecule has 0 unspecified atom stereocenters. The third-order valence-electron chi connectivity index (χ3n) is 2.47. The molecule has 0 saturated carbocycles. The lowest BCUT2D eigenvalue weighted by molar-refractivity contribution is -0.114. The van der Waals surface area contributed by atoms with Gasteiger partial charge in [-0.1, -0.05) is 0 Å². The topological polar surface area (TPSA) is 50.7 Å². The highest BCUT2D eigenvalue weighted by molar-refractivity contribution is 6.45. The van der Waals surface area contributed by atoms with Gasteiger partial charge < -0.3 is 10.1 Å². The zero-order valence-corrected chi connectivity index (χ0v) is 9.19. The first-order valence-electron chi connectivity index (χ1n) is 5.28. The Labute approximate surface area is 94.3 Å². The molecule has 2 rings (SSSR count). The van der Waals surface area contributed by atoms with E-state index in [0.29, 0.717) is 18.8 Å². The summed E-state index contributed by atoms with van der Waals surface area (Å²) in [7, 11) is 1.62. The van der Waals surface area contributed by atoms with Gasteiger partial charge in [0.15, 0.2) is 0 Å².